The van der Waals surface area contributed by atoms with Gasteiger partial charge in [0.15, 0.2) is 0 Å². The predicted octanol–water partition coefficient (Wildman–Crippen LogP) is 1.97. The maximum absolute atomic E-state index is 12.9. The van der Waals surface area contributed by atoms with Crippen LogP contribution < -0.4 is 5.32 Å². The lowest BCUT2D eigenvalue weighted by atomic mass is 9.88. The zero-order chi connectivity index (χ0) is 18.1. The van der Waals surface area contributed by atoms with Crippen LogP contribution in [-0.4, -0.2) is 58.9 Å². The fourth-order valence-electron chi connectivity index (χ4n) is 4.31. The van der Waals surface area contributed by atoms with Gasteiger partial charge in [0, 0.05) is 57.9 Å². The molecule has 0 aromatic carbocycles. The lowest BCUT2D eigenvalue weighted by Crippen LogP contribution is -2.51. The molecule has 2 fully saturated rings. The molecule has 1 aromatic heterocycles. The third kappa shape index (κ3) is 4.06. The van der Waals surface area contributed by atoms with Crippen molar-refractivity contribution in [1.29, 1.82) is 0 Å². The molecule has 144 valence electrons. The molecule has 8 heteroatoms. The van der Waals surface area contributed by atoms with Gasteiger partial charge in [-0.05, 0) is 24.8 Å². The highest BCUT2D eigenvalue weighted by atomic mass is 19.3. The van der Waals surface area contributed by atoms with Gasteiger partial charge in [-0.1, -0.05) is 0 Å². The molecule has 2 aliphatic heterocycles. The Balaban J connectivity index is 1.34. The first kappa shape index (κ1) is 17.9. The lowest BCUT2D eigenvalue weighted by Gasteiger charge is -2.38. The van der Waals surface area contributed by atoms with E-state index >= 15 is 0 Å². The third-order valence-electron chi connectivity index (χ3n) is 5.69. The molecule has 1 amide bonds. The third-order valence-corrected chi connectivity index (χ3v) is 5.69. The van der Waals surface area contributed by atoms with Crippen molar-refractivity contribution in [1.82, 2.24) is 20.0 Å². The Morgan fingerprint density at radius 1 is 1.35 bits per heavy atom. The summed E-state index contributed by atoms with van der Waals surface area (Å²) in [6.45, 7) is 4.26. The maximum atomic E-state index is 12.9. The van der Waals surface area contributed by atoms with E-state index in [9.17, 15) is 13.6 Å². The van der Waals surface area contributed by atoms with Crippen LogP contribution in [-0.2, 0) is 16.1 Å². The average molecular weight is 368 g/mol. The monoisotopic (exact) mass is 368 g/mol. The summed E-state index contributed by atoms with van der Waals surface area (Å²) in [7, 11) is 0. The van der Waals surface area contributed by atoms with E-state index in [4.69, 9.17) is 4.74 Å². The summed E-state index contributed by atoms with van der Waals surface area (Å²) >= 11 is 0. The van der Waals surface area contributed by atoms with Crippen molar-refractivity contribution in [2.45, 2.75) is 56.7 Å². The van der Waals surface area contributed by atoms with Crippen LogP contribution in [0.2, 0.25) is 0 Å². The zero-order valence-electron chi connectivity index (χ0n) is 14.9. The molecular formula is C18H26F2N4O2. The molecule has 6 nitrogen and oxygen atoms in total. The summed E-state index contributed by atoms with van der Waals surface area (Å²) in [5.41, 5.74) is 1.11. The van der Waals surface area contributed by atoms with Crippen molar-refractivity contribution >= 4 is 5.91 Å². The first-order chi connectivity index (χ1) is 12.5. The predicted molar refractivity (Wildman–Crippen MR) is 90.8 cm³/mol. The number of halogens is 2. The second-order valence-corrected chi connectivity index (χ2v) is 7.90. The van der Waals surface area contributed by atoms with Crippen molar-refractivity contribution in [2.75, 3.05) is 26.3 Å². The highest BCUT2D eigenvalue weighted by Crippen LogP contribution is 2.37. The first-order valence-corrected chi connectivity index (χ1v) is 9.48. The van der Waals surface area contributed by atoms with E-state index in [2.05, 4.69) is 15.3 Å². The maximum Gasteiger partial charge on any atom is 0.252 e. The van der Waals surface area contributed by atoms with Gasteiger partial charge in [-0.3, -0.25) is 14.4 Å². The van der Waals surface area contributed by atoms with Crippen LogP contribution in [0.5, 0.6) is 0 Å². The van der Waals surface area contributed by atoms with E-state index in [0.717, 1.165) is 51.4 Å². The molecule has 1 atom stereocenters. The van der Waals surface area contributed by atoms with Crippen molar-refractivity contribution < 1.29 is 18.3 Å². The van der Waals surface area contributed by atoms with Crippen LogP contribution in [0.15, 0.2) is 12.3 Å². The van der Waals surface area contributed by atoms with Crippen molar-refractivity contribution in [3.8, 4) is 0 Å². The summed E-state index contributed by atoms with van der Waals surface area (Å²) < 4.78 is 33.3. The van der Waals surface area contributed by atoms with Crippen LogP contribution in [0.1, 0.15) is 43.8 Å². The summed E-state index contributed by atoms with van der Waals surface area (Å²) in [6, 6.07) is 1.55. The molecule has 1 N–H and O–H groups in total. The summed E-state index contributed by atoms with van der Waals surface area (Å²) in [5.74, 6) is -2.15. The largest absolute Gasteiger partial charge is 0.381 e. The van der Waals surface area contributed by atoms with Gasteiger partial charge < -0.3 is 10.1 Å². The summed E-state index contributed by atoms with van der Waals surface area (Å²) in [5, 5.41) is 7.12. The fraction of sp³-hybridized carbons (Fsp3) is 0.778. The van der Waals surface area contributed by atoms with Crippen LogP contribution in [0, 0.1) is 5.92 Å². The van der Waals surface area contributed by atoms with Gasteiger partial charge in [-0.2, -0.15) is 5.10 Å². The normalized spacial score (nSPS) is 26.9. The molecule has 1 saturated heterocycles. The van der Waals surface area contributed by atoms with Gasteiger partial charge in [0.05, 0.1) is 18.2 Å². The Morgan fingerprint density at radius 3 is 2.85 bits per heavy atom. The standard InChI is InChI=1S/C18H26F2N4O2/c19-18(20)8-14(9-18)22-17(25)7-16-12-23(10-13-2-5-26-6-3-13)11-15-1-4-21-24(15)16/h1,4,13-14,16H,2-3,5-12H2,(H,22,25)/t16-/m0/s1. The van der Waals surface area contributed by atoms with Gasteiger partial charge in [0.25, 0.3) is 5.92 Å². The van der Waals surface area contributed by atoms with Gasteiger partial charge in [-0.15, -0.1) is 0 Å². The number of hydrogen-bond donors (Lipinski definition) is 1. The highest BCUT2D eigenvalue weighted by molar-refractivity contribution is 5.77. The van der Waals surface area contributed by atoms with Crippen LogP contribution in [0.25, 0.3) is 0 Å². The molecule has 0 bridgehead atoms. The van der Waals surface area contributed by atoms with E-state index in [1.807, 2.05) is 10.7 Å². The molecule has 0 radical (unpaired) electrons. The average Bonchev–Trinajstić information content (AvgIpc) is 3.03. The minimum Gasteiger partial charge on any atom is -0.381 e. The molecule has 4 rings (SSSR count). The van der Waals surface area contributed by atoms with E-state index < -0.39 is 12.0 Å². The molecule has 0 spiro atoms. The smallest absolute Gasteiger partial charge is 0.252 e. The van der Waals surface area contributed by atoms with Crippen molar-refractivity contribution in [2.24, 2.45) is 5.92 Å². The topological polar surface area (TPSA) is 59.4 Å². The van der Waals surface area contributed by atoms with Gasteiger partial charge >= 0.3 is 0 Å². The van der Waals surface area contributed by atoms with E-state index in [1.54, 1.807) is 6.20 Å². The minimum absolute atomic E-state index is 0.0471. The number of carbonyl (C=O) groups is 1. The van der Waals surface area contributed by atoms with E-state index in [1.165, 1.54) is 0 Å². The van der Waals surface area contributed by atoms with Crippen LogP contribution in [0.4, 0.5) is 8.78 Å². The SMILES string of the molecule is O=C(C[C@H]1CN(CC2CCOCC2)Cc2ccnn21)NC1CC(F)(F)C1. The Kier molecular flexibility index (Phi) is 4.96. The molecule has 0 unspecified atom stereocenters. The molecule has 3 heterocycles. The number of aromatic nitrogens is 2. The number of fused-ring (bicyclic) bond motifs is 1. The first-order valence-electron chi connectivity index (χ1n) is 9.48. The molecule has 3 aliphatic rings. The molecule has 1 saturated carbocycles. The molecular weight excluding hydrogens is 342 g/mol. The minimum atomic E-state index is -2.61. The summed E-state index contributed by atoms with van der Waals surface area (Å²) in [4.78, 5) is 14.7. The number of amides is 1. The second kappa shape index (κ2) is 7.23. The lowest BCUT2D eigenvalue weighted by molar-refractivity contribution is -0.130. The Labute approximate surface area is 151 Å². The Bertz CT molecular complexity index is 637. The number of nitrogens with one attached hydrogen (secondary N) is 1. The molecule has 1 aliphatic carbocycles. The second-order valence-electron chi connectivity index (χ2n) is 7.90. The molecule has 26 heavy (non-hydrogen) atoms. The molecule has 1 aromatic rings. The quantitative estimate of drug-likeness (QED) is 0.863. The number of rotatable bonds is 5. The summed E-state index contributed by atoms with van der Waals surface area (Å²) in [6.07, 6.45) is 3.72. The van der Waals surface area contributed by atoms with Gasteiger partial charge in [0.2, 0.25) is 5.91 Å². The number of ether oxygens (including phenoxy) is 1. The van der Waals surface area contributed by atoms with Crippen LogP contribution >= 0.6 is 0 Å². The van der Waals surface area contributed by atoms with Crippen LogP contribution in [0.3, 0.4) is 0 Å². The number of nitrogens with zero attached hydrogens (tertiary/aromatic N) is 3. The Morgan fingerprint density at radius 2 is 2.12 bits per heavy atom. The fourth-order valence-corrected chi connectivity index (χ4v) is 4.31. The van der Waals surface area contributed by atoms with Crippen molar-refractivity contribution in [3.63, 3.8) is 0 Å². The van der Waals surface area contributed by atoms with E-state index in [-0.39, 0.29) is 31.2 Å². The Hall–Kier alpha value is -1.54. The number of alkyl halides is 2. The van der Waals surface area contributed by atoms with Gasteiger partial charge in [-0.25, -0.2) is 8.78 Å². The van der Waals surface area contributed by atoms with E-state index in [0.29, 0.717) is 5.92 Å². The highest BCUT2D eigenvalue weighted by Gasteiger charge is 2.46. The zero-order valence-corrected chi connectivity index (χ0v) is 14.9. The van der Waals surface area contributed by atoms with Gasteiger partial charge in [0.1, 0.15) is 0 Å². The number of carbonyl (C=O) groups excluding carboxylic acids is 1. The number of hydrogen-bond acceptors (Lipinski definition) is 4. The van der Waals surface area contributed by atoms with Crippen molar-refractivity contribution in [3.05, 3.63) is 18.0 Å².